The Bertz CT molecular complexity index is 144. The zero-order valence-electron chi connectivity index (χ0n) is 6.98. The molecule has 0 radical (unpaired) electrons. The van der Waals surface area contributed by atoms with E-state index in [1.165, 1.54) is 19.3 Å². The van der Waals surface area contributed by atoms with Crippen LogP contribution in [0.15, 0.2) is 0 Å². The second kappa shape index (κ2) is 4.10. The molecule has 1 rings (SSSR count). The standard InChI is InChI=1S/C9H15ClO/c1-7(11)5-8-3-2-4-9(8)6-10/h8-9H,2-6H2,1H3. The molecule has 11 heavy (non-hydrogen) atoms. The number of Topliss-reactive ketones (excluding diaryl/α,β-unsaturated/α-hetero) is 1. The van der Waals surface area contributed by atoms with Crippen molar-refractivity contribution in [3.8, 4) is 0 Å². The summed E-state index contributed by atoms with van der Waals surface area (Å²) >= 11 is 5.77. The molecule has 0 heterocycles. The van der Waals surface area contributed by atoms with Gasteiger partial charge in [-0.2, -0.15) is 0 Å². The minimum Gasteiger partial charge on any atom is -0.300 e. The van der Waals surface area contributed by atoms with E-state index in [9.17, 15) is 4.79 Å². The Morgan fingerprint density at radius 2 is 2.09 bits per heavy atom. The Morgan fingerprint density at radius 3 is 2.64 bits per heavy atom. The van der Waals surface area contributed by atoms with E-state index in [0.29, 0.717) is 17.6 Å². The van der Waals surface area contributed by atoms with E-state index < -0.39 is 0 Å². The molecule has 0 spiro atoms. The number of hydrogen-bond donors (Lipinski definition) is 0. The summed E-state index contributed by atoms with van der Waals surface area (Å²) < 4.78 is 0. The second-order valence-electron chi connectivity index (χ2n) is 3.51. The van der Waals surface area contributed by atoms with E-state index >= 15 is 0 Å². The monoisotopic (exact) mass is 174 g/mol. The molecule has 0 aromatic heterocycles. The van der Waals surface area contributed by atoms with Crippen LogP contribution in [0.3, 0.4) is 0 Å². The largest absolute Gasteiger partial charge is 0.300 e. The molecule has 0 bridgehead atoms. The normalized spacial score (nSPS) is 30.7. The summed E-state index contributed by atoms with van der Waals surface area (Å²) in [6.07, 6.45) is 4.44. The molecule has 0 aliphatic heterocycles. The first-order valence-corrected chi connectivity index (χ1v) is 4.83. The first-order valence-electron chi connectivity index (χ1n) is 4.29. The van der Waals surface area contributed by atoms with Gasteiger partial charge in [0.2, 0.25) is 0 Å². The van der Waals surface area contributed by atoms with Crippen LogP contribution < -0.4 is 0 Å². The number of alkyl halides is 1. The van der Waals surface area contributed by atoms with Crippen LogP contribution in [0.5, 0.6) is 0 Å². The maximum absolute atomic E-state index is 10.8. The first-order chi connectivity index (χ1) is 5.24. The van der Waals surface area contributed by atoms with E-state index in [0.717, 1.165) is 12.3 Å². The number of ketones is 1. The third-order valence-corrected chi connectivity index (χ3v) is 2.96. The molecule has 1 fully saturated rings. The quantitative estimate of drug-likeness (QED) is 0.602. The molecule has 0 aromatic carbocycles. The summed E-state index contributed by atoms with van der Waals surface area (Å²) in [6.45, 7) is 1.67. The number of hydrogen-bond acceptors (Lipinski definition) is 1. The van der Waals surface area contributed by atoms with Gasteiger partial charge < -0.3 is 4.79 Å². The molecule has 64 valence electrons. The van der Waals surface area contributed by atoms with Gasteiger partial charge in [0.15, 0.2) is 0 Å². The number of rotatable bonds is 3. The second-order valence-corrected chi connectivity index (χ2v) is 3.82. The lowest BCUT2D eigenvalue weighted by Crippen LogP contribution is -2.12. The average Bonchev–Trinajstić information content (AvgIpc) is 2.34. The number of carbonyl (C=O) groups excluding carboxylic acids is 1. The molecular weight excluding hydrogens is 160 g/mol. The molecule has 1 saturated carbocycles. The topological polar surface area (TPSA) is 17.1 Å². The molecule has 1 aliphatic rings. The smallest absolute Gasteiger partial charge is 0.130 e. The fraction of sp³-hybridized carbons (Fsp3) is 0.889. The highest BCUT2D eigenvalue weighted by atomic mass is 35.5. The molecule has 2 atom stereocenters. The number of carbonyl (C=O) groups is 1. The Hall–Kier alpha value is -0.0400. The van der Waals surface area contributed by atoms with Gasteiger partial charge in [-0.25, -0.2) is 0 Å². The highest BCUT2D eigenvalue weighted by Gasteiger charge is 2.26. The van der Waals surface area contributed by atoms with Crippen molar-refractivity contribution in [1.82, 2.24) is 0 Å². The van der Waals surface area contributed by atoms with Gasteiger partial charge in [-0.3, -0.25) is 0 Å². The lowest BCUT2D eigenvalue weighted by atomic mass is 9.93. The van der Waals surface area contributed by atoms with Crippen molar-refractivity contribution >= 4 is 17.4 Å². The zero-order valence-corrected chi connectivity index (χ0v) is 7.73. The average molecular weight is 175 g/mol. The minimum atomic E-state index is 0.312. The summed E-state index contributed by atoms with van der Waals surface area (Å²) in [5.74, 6) is 2.25. The van der Waals surface area contributed by atoms with E-state index in [2.05, 4.69) is 0 Å². The molecule has 2 unspecified atom stereocenters. The SMILES string of the molecule is CC(=O)CC1CCCC1CCl. The predicted molar refractivity (Wildman–Crippen MR) is 46.8 cm³/mol. The van der Waals surface area contributed by atoms with Gasteiger partial charge >= 0.3 is 0 Å². The molecule has 1 aliphatic carbocycles. The summed E-state index contributed by atoms with van der Waals surface area (Å²) in [5.41, 5.74) is 0. The molecule has 0 N–H and O–H groups in total. The number of halogens is 1. The van der Waals surface area contributed by atoms with Crippen molar-refractivity contribution in [2.45, 2.75) is 32.6 Å². The van der Waals surface area contributed by atoms with Crippen LogP contribution in [0.4, 0.5) is 0 Å². The lowest BCUT2D eigenvalue weighted by molar-refractivity contribution is -0.118. The van der Waals surface area contributed by atoms with Crippen molar-refractivity contribution in [2.24, 2.45) is 11.8 Å². The van der Waals surface area contributed by atoms with Crippen molar-refractivity contribution in [3.05, 3.63) is 0 Å². The third kappa shape index (κ3) is 2.48. The van der Waals surface area contributed by atoms with Crippen LogP contribution in [0.1, 0.15) is 32.6 Å². The molecule has 0 amide bonds. The van der Waals surface area contributed by atoms with E-state index in [1.807, 2.05) is 0 Å². The van der Waals surface area contributed by atoms with Crippen molar-refractivity contribution in [1.29, 1.82) is 0 Å². The Morgan fingerprint density at radius 1 is 1.45 bits per heavy atom. The predicted octanol–water partition coefficient (Wildman–Crippen LogP) is 2.62. The Labute approximate surface area is 73.1 Å². The van der Waals surface area contributed by atoms with Gasteiger partial charge in [-0.05, 0) is 31.6 Å². The van der Waals surface area contributed by atoms with Crippen LogP contribution in [0, 0.1) is 11.8 Å². The van der Waals surface area contributed by atoms with Crippen molar-refractivity contribution < 1.29 is 4.79 Å². The molecule has 0 aromatic rings. The maximum atomic E-state index is 10.8. The summed E-state index contributed by atoms with van der Waals surface area (Å²) in [7, 11) is 0. The van der Waals surface area contributed by atoms with Crippen LogP contribution in [0.2, 0.25) is 0 Å². The van der Waals surface area contributed by atoms with Crippen LogP contribution in [-0.4, -0.2) is 11.7 Å². The van der Waals surface area contributed by atoms with E-state index in [4.69, 9.17) is 11.6 Å². The van der Waals surface area contributed by atoms with Crippen LogP contribution in [0.25, 0.3) is 0 Å². The van der Waals surface area contributed by atoms with Crippen LogP contribution in [-0.2, 0) is 4.79 Å². The fourth-order valence-corrected chi connectivity index (χ4v) is 2.36. The van der Waals surface area contributed by atoms with Crippen LogP contribution >= 0.6 is 11.6 Å². The molecular formula is C9H15ClO. The van der Waals surface area contributed by atoms with Gasteiger partial charge in [-0.1, -0.05) is 6.42 Å². The van der Waals surface area contributed by atoms with Gasteiger partial charge in [0.25, 0.3) is 0 Å². The highest BCUT2D eigenvalue weighted by molar-refractivity contribution is 6.18. The van der Waals surface area contributed by atoms with E-state index in [1.54, 1.807) is 6.92 Å². The highest BCUT2D eigenvalue weighted by Crippen LogP contribution is 2.34. The Kier molecular flexibility index (Phi) is 3.38. The van der Waals surface area contributed by atoms with Crippen molar-refractivity contribution in [3.63, 3.8) is 0 Å². The van der Waals surface area contributed by atoms with E-state index in [-0.39, 0.29) is 0 Å². The van der Waals surface area contributed by atoms with Crippen molar-refractivity contribution in [2.75, 3.05) is 5.88 Å². The van der Waals surface area contributed by atoms with Gasteiger partial charge in [0.05, 0.1) is 0 Å². The Balaban J connectivity index is 2.37. The van der Waals surface area contributed by atoms with Gasteiger partial charge in [0, 0.05) is 12.3 Å². The zero-order chi connectivity index (χ0) is 8.27. The lowest BCUT2D eigenvalue weighted by Gasteiger charge is -2.14. The summed E-state index contributed by atoms with van der Waals surface area (Å²) in [4.78, 5) is 10.8. The van der Waals surface area contributed by atoms with Gasteiger partial charge in [-0.15, -0.1) is 11.6 Å². The fourth-order valence-electron chi connectivity index (χ4n) is 1.95. The summed E-state index contributed by atoms with van der Waals surface area (Å²) in [6, 6.07) is 0. The third-order valence-electron chi connectivity index (χ3n) is 2.56. The van der Waals surface area contributed by atoms with Gasteiger partial charge in [0.1, 0.15) is 5.78 Å². The molecule has 2 heteroatoms. The maximum Gasteiger partial charge on any atom is 0.130 e. The molecule has 0 saturated heterocycles. The summed E-state index contributed by atoms with van der Waals surface area (Å²) in [5, 5.41) is 0. The minimum absolute atomic E-state index is 0.312. The first kappa shape index (κ1) is 9.05. The molecule has 1 nitrogen and oxygen atoms in total.